The van der Waals surface area contributed by atoms with Gasteiger partial charge in [-0.05, 0) is 51.4 Å². The monoisotopic (exact) mass is 469 g/mol. The quantitative estimate of drug-likeness (QED) is 0.149. The van der Waals surface area contributed by atoms with Crippen molar-refractivity contribution in [1.82, 2.24) is 0 Å². The molecule has 0 saturated carbocycles. The molecule has 3 unspecified atom stereocenters. The van der Waals surface area contributed by atoms with E-state index in [1.807, 2.05) is 13.8 Å². The zero-order valence-electron chi connectivity index (χ0n) is 21.3. The van der Waals surface area contributed by atoms with Crippen LogP contribution in [0.25, 0.3) is 0 Å². The molecule has 0 saturated heterocycles. The van der Waals surface area contributed by atoms with Crippen LogP contribution in [0.2, 0.25) is 0 Å². The predicted molar refractivity (Wildman–Crippen MR) is 128 cm³/mol. The molecule has 3 atom stereocenters. The number of unbranched alkanes of at least 4 members (excludes halogenated alkanes) is 5. The van der Waals surface area contributed by atoms with Gasteiger partial charge in [0.25, 0.3) is 0 Å². The van der Waals surface area contributed by atoms with Crippen LogP contribution in [0.3, 0.4) is 0 Å². The first-order valence-electron chi connectivity index (χ1n) is 12.8. The highest BCUT2D eigenvalue weighted by Crippen LogP contribution is 2.25. The maximum absolute atomic E-state index is 11.8. The molecular weight excluding hydrogens is 422 g/mol. The van der Waals surface area contributed by atoms with Gasteiger partial charge in [-0.2, -0.15) is 0 Å². The highest BCUT2D eigenvalue weighted by molar-refractivity contribution is 5.70. The van der Waals surface area contributed by atoms with E-state index in [0.29, 0.717) is 25.8 Å². The van der Waals surface area contributed by atoms with Crippen molar-refractivity contribution in [1.29, 1.82) is 0 Å². The van der Waals surface area contributed by atoms with E-state index in [1.165, 1.54) is 0 Å². The second-order valence-corrected chi connectivity index (χ2v) is 9.36. The highest BCUT2D eigenvalue weighted by Gasteiger charge is 2.39. The molecular formula is C26H47NO6. The van der Waals surface area contributed by atoms with E-state index in [9.17, 15) is 29.7 Å². The maximum Gasteiger partial charge on any atom is 0.312 e. The summed E-state index contributed by atoms with van der Waals surface area (Å²) in [5.41, 5.74) is 0. The number of rotatable bonds is 21. The van der Waals surface area contributed by atoms with Crippen molar-refractivity contribution in [3.8, 4) is 0 Å². The lowest BCUT2D eigenvalue weighted by molar-refractivity contribution is -0.935. The molecule has 7 nitrogen and oxygen atoms in total. The molecule has 0 aromatic carbocycles. The Morgan fingerprint density at radius 3 is 1.61 bits per heavy atom. The van der Waals surface area contributed by atoms with Gasteiger partial charge in [0.05, 0.1) is 32.1 Å². The van der Waals surface area contributed by atoms with Crippen molar-refractivity contribution >= 4 is 17.9 Å². The normalized spacial score (nSPS) is 16.2. The van der Waals surface area contributed by atoms with E-state index in [1.54, 1.807) is 6.92 Å². The Morgan fingerprint density at radius 1 is 0.727 bits per heavy atom. The number of carboxylic acid groups (broad SMARTS) is 3. The van der Waals surface area contributed by atoms with Gasteiger partial charge in [-0.1, -0.05) is 52.7 Å². The van der Waals surface area contributed by atoms with Crippen molar-refractivity contribution in [3.63, 3.8) is 0 Å². The zero-order valence-corrected chi connectivity index (χ0v) is 21.3. The fourth-order valence-electron chi connectivity index (χ4n) is 4.56. The standard InChI is InChI=1S/C26H47NO6/c1-5-9-10-11-12-13-14-15-16-17-27(18-21(6-2)24(28)29,19-22(7-3)25(30)31)20-23(8-4)26(32)33/h9-10,21-23H,5-8,11-20H2,1-4H3,(H2-,28,29,30,31,32,33)/b10-9+. The van der Waals surface area contributed by atoms with Gasteiger partial charge in [0, 0.05) is 5.92 Å². The minimum atomic E-state index is -1.15. The zero-order chi connectivity index (χ0) is 25.3. The molecule has 7 heteroatoms. The summed E-state index contributed by atoms with van der Waals surface area (Å²) in [5.74, 6) is -4.98. The number of aliphatic carboxylic acids is 3. The second kappa shape index (κ2) is 17.6. The summed E-state index contributed by atoms with van der Waals surface area (Å²) >= 11 is 0. The maximum atomic E-state index is 11.8. The average molecular weight is 470 g/mol. The average Bonchev–Trinajstić information content (AvgIpc) is 2.77. The molecule has 0 fully saturated rings. The Balaban J connectivity index is 5.55. The van der Waals surface area contributed by atoms with Crippen LogP contribution in [0.15, 0.2) is 12.2 Å². The largest absolute Gasteiger partial charge is 0.550 e. The van der Waals surface area contributed by atoms with Gasteiger partial charge >= 0.3 is 11.9 Å². The van der Waals surface area contributed by atoms with Crippen LogP contribution in [0, 0.1) is 17.8 Å². The third-order valence-electron chi connectivity index (χ3n) is 6.74. The lowest BCUT2D eigenvalue weighted by Gasteiger charge is -2.44. The third kappa shape index (κ3) is 12.8. The van der Waals surface area contributed by atoms with E-state index in [-0.39, 0.29) is 24.1 Å². The molecule has 0 rings (SSSR count). The summed E-state index contributed by atoms with van der Waals surface area (Å²) in [4.78, 5) is 35.4. The van der Waals surface area contributed by atoms with Gasteiger partial charge < -0.3 is 24.6 Å². The predicted octanol–water partition coefficient (Wildman–Crippen LogP) is 4.11. The van der Waals surface area contributed by atoms with Gasteiger partial charge in [-0.3, -0.25) is 9.59 Å². The van der Waals surface area contributed by atoms with Crippen LogP contribution in [-0.2, 0) is 14.4 Å². The summed E-state index contributed by atoms with van der Waals surface area (Å²) in [6, 6.07) is 0. The summed E-state index contributed by atoms with van der Waals surface area (Å²) in [6.07, 6.45) is 12.8. The number of allylic oxidation sites excluding steroid dienone is 2. The molecule has 0 heterocycles. The SMILES string of the molecule is CC/C=C/CCCCCCC[N+](CC(CC)C(=O)[O-])(CC(CC)C(=O)O)CC(CC)C(=O)O. The summed E-state index contributed by atoms with van der Waals surface area (Å²) < 4.78 is 0.210. The Morgan fingerprint density at radius 2 is 1.18 bits per heavy atom. The van der Waals surface area contributed by atoms with Crippen molar-refractivity contribution in [2.75, 3.05) is 26.2 Å². The first kappa shape index (κ1) is 31.1. The number of hydrogen-bond donors (Lipinski definition) is 2. The number of hydrogen-bond acceptors (Lipinski definition) is 4. The molecule has 0 aromatic heterocycles. The van der Waals surface area contributed by atoms with Crippen LogP contribution < -0.4 is 5.11 Å². The van der Waals surface area contributed by atoms with Gasteiger partial charge in [-0.15, -0.1) is 0 Å². The molecule has 0 amide bonds. The van der Waals surface area contributed by atoms with Crippen LogP contribution in [0.4, 0.5) is 0 Å². The van der Waals surface area contributed by atoms with Gasteiger partial charge in [0.15, 0.2) is 0 Å². The number of nitrogens with zero attached hydrogens (tertiary/aromatic N) is 1. The topological polar surface area (TPSA) is 115 Å². The number of carboxylic acids is 3. The minimum absolute atomic E-state index is 0.210. The van der Waals surface area contributed by atoms with Crippen LogP contribution >= 0.6 is 0 Å². The van der Waals surface area contributed by atoms with Crippen LogP contribution in [-0.4, -0.2) is 58.8 Å². The molecule has 0 aliphatic heterocycles. The first-order chi connectivity index (χ1) is 15.7. The Kier molecular flexibility index (Phi) is 16.6. The van der Waals surface area contributed by atoms with Crippen LogP contribution in [0.5, 0.6) is 0 Å². The molecule has 192 valence electrons. The lowest BCUT2D eigenvalue weighted by Crippen LogP contribution is -2.59. The second-order valence-electron chi connectivity index (χ2n) is 9.36. The number of carbonyl (C=O) groups is 3. The van der Waals surface area contributed by atoms with E-state index >= 15 is 0 Å². The Hall–Kier alpha value is -1.89. The molecule has 0 aromatic rings. The van der Waals surface area contributed by atoms with Gasteiger partial charge in [0.2, 0.25) is 0 Å². The fraction of sp³-hybridized carbons (Fsp3) is 0.808. The van der Waals surface area contributed by atoms with Gasteiger partial charge in [-0.25, -0.2) is 0 Å². The lowest BCUT2D eigenvalue weighted by atomic mass is 9.95. The van der Waals surface area contributed by atoms with E-state index in [2.05, 4.69) is 19.1 Å². The molecule has 0 aliphatic rings. The van der Waals surface area contributed by atoms with Crippen LogP contribution in [0.1, 0.15) is 91.9 Å². The molecule has 0 aliphatic carbocycles. The van der Waals surface area contributed by atoms with Gasteiger partial charge in [0.1, 0.15) is 11.8 Å². The van der Waals surface area contributed by atoms with E-state index in [0.717, 1.165) is 44.9 Å². The summed E-state index contributed by atoms with van der Waals surface area (Å²) in [7, 11) is 0. The third-order valence-corrected chi connectivity index (χ3v) is 6.74. The number of carbonyl (C=O) groups excluding carboxylic acids is 1. The summed E-state index contributed by atoms with van der Waals surface area (Å²) in [5, 5.41) is 31.2. The Labute approximate surface area is 200 Å². The van der Waals surface area contributed by atoms with Crippen molar-refractivity contribution < 1.29 is 34.2 Å². The first-order valence-corrected chi connectivity index (χ1v) is 12.8. The van der Waals surface area contributed by atoms with Crippen molar-refractivity contribution in [2.24, 2.45) is 17.8 Å². The van der Waals surface area contributed by atoms with Crippen molar-refractivity contribution in [3.05, 3.63) is 12.2 Å². The summed E-state index contributed by atoms with van der Waals surface area (Å²) in [6.45, 7) is 8.83. The molecule has 2 N–H and O–H groups in total. The smallest absolute Gasteiger partial charge is 0.312 e. The highest BCUT2D eigenvalue weighted by atomic mass is 16.4. The molecule has 0 bridgehead atoms. The minimum Gasteiger partial charge on any atom is -0.550 e. The number of quaternary nitrogens is 1. The van der Waals surface area contributed by atoms with Crippen molar-refractivity contribution in [2.45, 2.75) is 91.9 Å². The molecule has 0 spiro atoms. The molecule has 0 radical (unpaired) electrons. The Bertz CT molecular complexity index is 544. The fourth-order valence-corrected chi connectivity index (χ4v) is 4.56. The van der Waals surface area contributed by atoms with E-state index in [4.69, 9.17) is 0 Å². The van der Waals surface area contributed by atoms with E-state index < -0.39 is 35.7 Å². The molecule has 33 heavy (non-hydrogen) atoms.